The van der Waals surface area contributed by atoms with Crippen molar-refractivity contribution in [2.24, 2.45) is 0 Å². The molecular weight excluding hydrogens is 188 g/mol. The maximum atomic E-state index is 11.7. The number of hydrogen-bond donors (Lipinski definition) is 0. The molecule has 0 spiro atoms. The summed E-state index contributed by atoms with van der Waals surface area (Å²) in [4.78, 5) is 11.7. The maximum absolute atomic E-state index is 11.7. The van der Waals surface area contributed by atoms with Crippen molar-refractivity contribution in [2.75, 3.05) is 0 Å². The molecule has 1 aliphatic rings. The molecule has 78 valence electrons. The summed E-state index contributed by atoms with van der Waals surface area (Å²) in [6.07, 6.45) is 3.46. The van der Waals surface area contributed by atoms with Gasteiger partial charge >= 0.3 is 0 Å². The predicted octanol–water partition coefficient (Wildman–Crippen LogP) is 2.45. The molecule has 1 aliphatic heterocycles. The number of ketones is 1. The Kier molecular flexibility index (Phi) is 2.45. The summed E-state index contributed by atoms with van der Waals surface area (Å²) in [5, 5.41) is 0. The van der Waals surface area contributed by atoms with Gasteiger partial charge in [-0.1, -0.05) is 36.4 Å². The summed E-state index contributed by atoms with van der Waals surface area (Å²) in [5.41, 5.74) is 0.452. The van der Waals surface area contributed by atoms with Crippen molar-refractivity contribution in [1.82, 2.24) is 0 Å². The Balaban J connectivity index is 2.04. The molecule has 1 aromatic rings. The Bertz CT molecular complexity index is 394. The number of carbonyl (C=O) groups is 1. The summed E-state index contributed by atoms with van der Waals surface area (Å²) in [5.74, 6) is 0.0406. The molecule has 1 saturated heterocycles. The molecule has 1 aromatic carbocycles. The third-order valence-electron chi connectivity index (χ3n) is 2.86. The van der Waals surface area contributed by atoms with E-state index in [4.69, 9.17) is 4.74 Å². The highest BCUT2D eigenvalue weighted by atomic mass is 16.6. The zero-order chi connectivity index (χ0) is 10.9. The van der Waals surface area contributed by atoms with Gasteiger partial charge < -0.3 is 4.74 Å². The van der Waals surface area contributed by atoms with E-state index in [0.717, 1.165) is 5.56 Å². The molecule has 0 aromatic heterocycles. The summed E-state index contributed by atoms with van der Waals surface area (Å²) < 4.78 is 5.25. The van der Waals surface area contributed by atoms with Gasteiger partial charge in [0.2, 0.25) is 0 Å². The third kappa shape index (κ3) is 2.00. The number of rotatable bonds is 3. The van der Waals surface area contributed by atoms with Gasteiger partial charge in [0.05, 0.1) is 6.10 Å². The molecule has 1 fully saturated rings. The molecule has 0 radical (unpaired) electrons. The largest absolute Gasteiger partial charge is 0.358 e. The molecular formula is C13H14O2. The van der Waals surface area contributed by atoms with Crippen LogP contribution in [0.25, 0.3) is 6.08 Å². The van der Waals surface area contributed by atoms with E-state index in [1.807, 2.05) is 50.3 Å². The van der Waals surface area contributed by atoms with E-state index < -0.39 is 5.60 Å². The van der Waals surface area contributed by atoms with E-state index in [9.17, 15) is 4.79 Å². The molecule has 1 heterocycles. The third-order valence-corrected chi connectivity index (χ3v) is 2.86. The number of benzene rings is 1. The normalized spacial score (nSPS) is 29.3. The minimum atomic E-state index is -0.578. The first kappa shape index (κ1) is 10.1. The second-order valence-electron chi connectivity index (χ2n) is 3.98. The summed E-state index contributed by atoms with van der Waals surface area (Å²) in [6.45, 7) is 3.74. The van der Waals surface area contributed by atoms with Gasteiger partial charge in [-0.3, -0.25) is 4.79 Å². The number of epoxide rings is 1. The van der Waals surface area contributed by atoms with Crippen LogP contribution >= 0.6 is 0 Å². The monoisotopic (exact) mass is 202 g/mol. The fraction of sp³-hybridized carbons (Fsp3) is 0.308. The highest BCUT2D eigenvalue weighted by Gasteiger charge is 2.53. The highest BCUT2D eigenvalue weighted by Crippen LogP contribution is 2.36. The Morgan fingerprint density at radius 3 is 2.53 bits per heavy atom. The van der Waals surface area contributed by atoms with Crippen molar-refractivity contribution in [3.05, 3.63) is 42.0 Å². The van der Waals surface area contributed by atoms with Gasteiger partial charge in [-0.2, -0.15) is 0 Å². The molecule has 2 heteroatoms. The number of ether oxygens (including phenoxy) is 1. The van der Waals surface area contributed by atoms with E-state index in [-0.39, 0.29) is 11.9 Å². The molecule has 0 N–H and O–H groups in total. The van der Waals surface area contributed by atoms with Gasteiger partial charge in [-0.05, 0) is 25.5 Å². The van der Waals surface area contributed by atoms with Crippen LogP contribution in [0.4, 0.5) is 0 Å². The molecule has 0 saturated carbocycles. The first-order valence-corrected chi connectivity index (χ1v) is 5.08. The topological polar surface area (TPSA) is 29.6 Å². The van der Waals surface area contributed by atoms with Crippen LogP contribution in [-0.4, -0.2) is 17.5 Å². The van der Waals surface area contributed by atoms with E-state index in [0.29, 0.717) is 0 Å². The minimum Gasteiger partial charge on any atom is -0.358 e. The average Bonchev–Trinajstić information content (AvgIpc) is 2.86. The van der Waals surface area contributed by atoms with Gasteiger partial charge in [0.1, 0.15) is 0 Å². The van der Waals surface area contributed by atoms with Crippen LogP contribution in [0.15, 0.2) is 36.4 Å². The van der Waals surface area contributed by atoms with Crippen LogP contribution in [0.5, 0.6) is 0 Å². The fourth-order valence-corrected chi connectivity index (χ4v) is 1.49. The number of carbonyl (C=O) groups excluding carboxylic acids is 1. The summed E-state index contributed by atoms with van der Waals surface area (Å²) in [7, 11) is 0. The zero-order valence-electron chi connectivity index (χ0n) is 8.94. The molecule has 15 heavy (non-hydrogen) atoms. The van der Waals surface area contributed by atoms with Crippen LogP contribution in [-0.2, 0) is 9.53 Å². The quantitative estimate of drug-likeness (QED) is 0.556. The molecule has 2 atom stereocenters. The van der Waals surface area contributed by atoms with Crippen LogP contribution < -0.4 is 0 Å². The van der Waals surface area contributed by atoms with E-state index in [2.05, 4.69) is 0 Å². The Hall–Kier alpha value is -1.41. The second-order valence-corrected chi connectivity index (χ2v) is 3.98. The van der Waals surface area contributed by atoms with Gasteiger partial charge in [-0.25, -0.2) is 0 Å². The van der Waals surface area contributed by atoms with Crippen LogP contribution in [0, 0.1) is 0 Å². The van der Waals surface area contributed by atoms with Crippen molar-refractivity contribution in [3.63, 3.8) is 0 Å². The van der Waals surface area contributed by atoms with Gasteiger partial charge in [0.15, 0.2) is 11.4 Å². The van der Waals surface area contributed by atoms with Crippen LogP contribution in [0.3, 0.4) is 0 Å². The highest BCUT2D eigenvalue weighted by molar-refractivity contribution is 6.01. The lowest BCUT2D eigenvalue weighted by molar-refractivity contribution is -0.118. The first-order chi connectivity index (χ1) is 7.13. The molecule has 0 aliphatic carbocycles. The molecule has 0 bridgehead atoms. The van der Waals surface area contributed by atoms with Crippen molar-refractivity contribution >= 4 is 11.9 Å². The lowest BCUT2D eigenvalue weighted by atomic mass is 10.0. The predicted molar refractivity (Wildman–Crippen MR) is 59.4 cm³/mol. The number of hydrogen-bond acceptors (Lipinski definition) is 2. The standard InChI is InChI=1S/C13H14O2/c1-10-13(2,15-10)12(14)9-8-11-6-4-3-5-7-11/h3-10H,1-2H3. The van der Waals surface area contributed by atoms with Crippen molar-refractivity contribution in [1.29, 1.82) is 0 Å². The fourth-order valence-electron chi connectivity index (χ4n) is 1.49. The first-order valence-electron chi connectivity index (χ1n) is 5.08. The minimum absolute atomic E-state index is 0.0406. The summed E-state index contributed by atoms with van der Waals surface area (Å²) >= 11 is 0. The van der Waals surface area contributed by atoms with Gasteiger partial charge in [0, 0.05) is 0 Å². The van der Waals surface area contributed by atoms with Crippen molar-refractivity contribution in [3.8, 4) is 0 Å². The smallest absolute Gasteiger partial charge is 0.189 e. The Labute approximate surface area is 89.6 Å². The van der Waals surface area contributed by atoms with Crippen LogP contribution in [0.1, 0.15) is 19.4 Å². The molecule has 2 rings (SSSR count). The Morgan fingerprint density at radius 2 is 2.00 bits per heavy atom. The lowest BCUT2D eigenvalue weighted by Crippen LogP contribution is -2.20. The molecule has 2 unspecified atom stereocenters. The lowest BCUT2D eigenvalue weighted by Gasteiger charge is -1.98. The molecule has 2 nitrogen and oxygen atoms in total. The second kappa shape index (κ2) is 3.63. The van der Waals surface area contributed by atoms with Crippen LogP contribution in [0.2, 0.25) is 0 Å². The van der Waals surface area contributed by atoms with E-state index in [1.165, 1.54) is 0 Å². The van der Waals surface area contributed by atoms with Gasteiger partial charge in [-0.15, -0.1) is 0 Å². The van der Waals surface area contributed by atoms with Gasteiger partial charge in [0.25, 0.3) is 0 Å². The summed E-state index contributed by atoms with van der Waals surface area (Å²) in [6, 6.07) is 9.77. The zero-order valence-corrected chi connectivity index (χ0v) is 8.94. The van der Waals surface area contributed by atoms with Crippen molar-refractivity contribution < 1.29 is 9.53 Å². The molecule has 0 amide bonds. The average molecular weight is 202 g/mol. The van der Waals surface area contributed by atoms with E-state index >= 15 is 0 Å². The Morgan fingerprint density at radius 1 is 1.40 bits per heavy atom. The van der Waals surface area contributed by atoms with Crippen molar-refractivity contribution in [2.45, 2.75) is 25.6 Å². The maximum Gasteiger partial charge on any atom is 0.189 e. The SMILES string of the molecule is CC1OC1(C)C(=O)C=Cc1ccccc1. The van der Waals surface area contributed by atoms with E-state index in [1.54, 1.807) is 6.08 Å².